The van der Waals surface area contributed by atoms with Crippen molar-refractivity contribution in [3.05, 3.63) is 35.8 Å². The number of rotatable bonds is 6. The topological polar surface area (TPSA) is 63.2 Å². The van der Waals surface area contributed by atoms with Crippen molar-refractivity contribution in [2.75, 3.05) is 0 Å². The van der Waals surface area contributed by atoms with Crippen LogP contribution < -0.4 is 15.4 Å². The lowest BCUT2D eigenvalue weighted by Gasteiger charge is -2.37. The third-order valence-electron chi connectivity index (χ3n) is 5.55. The Morgan fingerprint density at radius 1 is 1.09 bits per heavy atom. The van der Waals surface area contributed by atoms with Gasteiger partial charge in [0.15, 0.2) is 11.6 Å². The predicted octanol–water partition coefficient (Wildman–Crippen LogP) is 4.95. The minimum Gasteiger partial charge on any atom is -0.432 e. The van der Waals surface area contributed by atoms with E-state index in [1.807, 2.05) is 0 Å². The summed E-state index contributed by atoms with van der Waals surface area (Å²) in [5.74, 6) is -2.11. The zero-order valence-corrected chi connectivity index (χ0v) is 17.4. The van der Waals surface area contributed by atoms with Crippen LogP contribution in [-0.4, -0.2) is 41.3 Å². The molecule has 0 unspecified atom stereocenters. The van der Waals surface area contributed by atoms with Crippen molar-refractivity contribution in [2.24, 2.45) is 0 Å². The zero-order valence-electron chi connectivity index (χ0n) is 17.4. The first-order chi connectivity index (χ1) is 14.9. The fourth-order valence-electron chi connectivity index (χ4n) is 3.68. The van der Waals surface area contributed by atoms with Crippen LogP contribution in [0.5, 0.6) is 5.75 Å². The van der Waals surface area contributed by atoms with Crippen LogP contribution in [0, 0.1) is 5.82 Å². The van der Waals surface area contributed by atoms with Gasteiger partial charge in [-0.1, -0.05) is 0 Å². The van der Waals surface area contributed by atoms with Gasteiger partial charge in [-0.15, -0.1) is 0 Å². The van der Waals surface area contributed by atoms with Crippen LogP contribution in [0.4, 0.5) is 26.3 Å². The second kappa shape index (κ2) is 9.13. The van der Waals surface area contributed by atoms with Crippen molar-refractivity contribution in [1.82, 2.24) is 15.6 Å². The first kappa shape index (κ1) is 24.1. The molecule has 1 amide bonds. The Morgan fingerprint density at radius 2 is 1.72 bits per heavy atom. The third kappa shape index (κ3) is 5.62. The van der Waals surface area contributed by atoms with Gasteiger partial charge in [0.05, 0.1) is 11.1 Å². The van der Waals surface area contributed by atoms with E-state index < -0.39 is 35.8 Å². The molecule has 0 saturated heterocycles. The summed E-state index contributed by atoms with van der Waals surface area (Å²) < 4.78 is 81.9. The Morgan fingerprint density at radius 3 is 2.31 bits per heavy atom. The summed E-state index contributed by atoms with van der Waals surface area (Å²) in [6.07, 6.45) is -1.19. The largest absolute Gasteiger partial charge is 0.432 e. The van der Waals surface area contributed by atoms with Crippen LogP contribution in [0.25, 0.3) is 10.9 Å². The minimum atomic E-state index is -4.37. The van der Waals surface area contributed by atoms with Gasteiger partial charge in [-0.2, -0.15) is 22.0 Å². The smallest absolute Gasteiger partial charge is 0.406 e. The fourth-order valence-corrected chi connectivity index (χ4v) is 3.68. The molecule has 0 atom stereocenters. The van der Waals surface area contributed by atoms with Crippen LogP contribution >= 0.6 is 0 Å². The number of pyridine rings is 1. The monoisotopic (exact) mass is 463 g/mol. The van der Waals surface area contributed by atoms with Crippen molar-refractivity contribution < 1.29 is 35.9 Å². The van der Waals surface area contributed by atoms with E-state index in [-0.39, 0.29) is 28.6 Å². The normalized spacial score (nSPS) is 19.9. The Kier molecular flexibility index (Phi) is 6.87. The average molecular weight is 463 g/mol. The van der Waals surface area contributed by atoms with Crippen LogP contribution in [0.1, 0.15) is 49.9 Å². The molecule has 0 spiro atoms. The minimum absolute atomic E-state index is 0.151. The number of halogens is 6. The number of hydrogen-bond acceptors (Lipinski definition) is 4. The standard InChI is InChI=1S/C21H23F6N3O2/c1-20(2,21(25,26)27)30-14-5-3-13(4-6-14)29-18(31)12-7-11-8-15(22)17(32-19(23)24)9-16(11)28-10-12/h7-10,13-14,19,30H,3-6H2,1-2H3,(H,29,31)/t13-,14-. The summed E-state index contributed by atoms with van der Waals surface area (Å²) in [6.45, 7) is -0.991. The second-order valence-electron chi connectivity index (χ2n) is 8.37. The molecule has 1 heterocycles. The summed E-state index contributed by atoms with van der Waals surface area (Å²) in [5, 5.41) is 5.70. The van der Waals surface area contributed by atoms with Gasteiger partial charge in [-0.3, -0.25) is 9.78 Å². The SMILES string of the molecule is CC(C)(N[C@H]1CC[C@H](NC(=O)c2cnc3cc(OC(F)F)c(F)cc3c2)CC1)C(F)(F)F. The number of benzene rings is 1. The average Bonchev–Trinajstić information content (AvgIpc) is 2.68. The molecular weight excluding hydrogens is 440 g/mol. The van der Waals surface area contributed by atoms with E-state index in [0.717, 1.165) is 26.0 Å². The maximum absolute atomic E-state index is 14.0. The van der Waals surface area contributed by atoms with Gasteiger partial charge in [-0.05, 0) is 51.7 Å². The van der Waals surface area contributed by atoms with Crippen LogP contribution in [0.3, 0.4) is 0 Å². The van der Waals surface area contributed by atoms with Crippen LogP contribution in [0.2, 0.25) is 0 Å². The Balaban J connectivity index is 1.60. The maximum Gasteiger partial charge on any atom is 0.406 e. The first-order valence-corrected chi connectivity index (χ1v) is 10.0. The summed E-state index contributed by atoms with van der Waals surface area (Å²) in [5.41, 5.74) is -1.67. The van der Waals surface area contributed by atoms with Gasteiger partial charge in [0.2, 0.25) is 0 Å². The van der Waals surface area contributed by atoms with E-state index in [0.29, 0.717) is 25.7 Å². The van der Waals surface area contributed by atoms with Crippen molar-refractivity contribution in [3.8, 4) is 5.75 Å². The quantitative estimate of drug-likeness (QED) is 0.596. The zero-order chi connectivity index (χ0) is 23.7. The van der Waals surface area contributed by atoms with E-state index in [9.17, 15) is 31.1 Å². The number of amides is 1. The van der Waals surface area contributed by atoms with Crippen molar-refractivity contribution >= 4 is 16.8 Å². The summed E-state index contributed by atoms with van der Waals surface area (Å²) in [7, 11) is 0. The highest BCUT2D eigenvalue weighted by molar-refractivity contribution is 5.97. The Labute approximate surface area is 180 Å². The Bertz CT molecular complexity index is 972. The number of aromatic nitrogens is 1. The first-order valence-electron chi connectivity index (χ1n) is 10.0. The van der Waals surface area contributed by atoms with E-state index >= 15 is 0 Å². The number of hydrogen-bond donors (Lipinski definition) is 2. The van der Waals surface area contributed by atoms with Crippen molar-refractivity contribution in [2.45, 2.75) is 69.9 Å². The molecule has 5 nitrogen and oxygen atoms in total. The van der Waals surface area contributed by atoms with Crippen molar-refractivity contribution in [3.63, 3.8) is 0 Å². The maximum atomic E-state index is 14.0. The molecule has 1 fully saturated rings. The highest BCUT2D eigenvalue weighted by Gasteiger charge is 2.48. The number of carbonyl (C=O) groups excluding carboxylic acids is 1. The molecule has 32 heavy (non-hydrogen) atoms. The van der Waals surface area contributed by atoms with Gasteiger partial charge >= 0.3 is 12.8 Å². The Hall–Kier alpha value is -2.56. The molecule has 1 aliphatic carbocycles. The molecule has 1 aromatic carbocycles. The number of nitrogens with one attached hydrogen (secondary N) is 2. The number of carbonyl (C=O) groups is 1. The number of fused-ring (bicyclic) bond motifs is 1. The third-order valence-corrected chi connectivity index (χ3v) is 5.55. The highest BCUT2D eigenvalue weighted by atomic mass is 19.4. The van der Waals surface area contributed by atoms with Crippen LogP contribution in [0.15, 0.2) is 24.4 Å². The van der Waals surface area contributed by atoms with Gasteiger partial charge < -0.3 is 15.4 Å². The van der Waals surface area contributed by atoms with Gasteiger partial charge in [0.1, 0.15) is 5.54 Å². The molecule has 176 valence electrons. The van der Waals surface area contributed by atoms with Gasteiger partial charge in [-0.25, -0.2) is 4.39 Å². The van der Waals surface area contributed by atoms with E-state index in [1.54, 1.807) is 0 Å². The van der Waals surface area contributed by atoms with Gasteiger partial charge in [0, 0.05) is 29.7 Å². The molecule has 0 bridgehead atoms. The summed E-state index contributed by atoms with van der Waals surface area (Å²) >= 11 is 0. The number of ether oxygens (including phenoxy) is 1. The molecule has 1 aromatic heterocycles. The summed E-state index contributed by atoms with van der Waals surface area (Å²) in [6, 6.07) is 2.83. The van der Waals surface area contributed by atoms with Crippen LogP contribution in [-0.2, 0) is 0 Å². The lowest BCUT2D eigenvalue weighted by atomic mass is 9.89. The number of alkyl halides is 5. The molecule has 0 aliphatic heterocycles. The number of nitrogens with zero attached hydrogens (tertiary/aromatic N) is 1. The van der Waals surface area contributed by atoms with E-state index in [2.05, 4.69) is 20.4 Å². The molecule has 3 rings (SSSR count). The second-order valence-corrected chi connectivity index (χ2v) is 8.37. The fraction of sp³-hybridized carbons (Fsp3) is 0.524. The van der Waals surface area contributed by atoms with E-state index in [4.69, 9.17) is 0 Å². The lowest BCUT2D eigenvalue weighted by molar-refractivity contribution is -0.188. The van der Waals surface area contributed by atoms with Crippen molar-refractivity contribution in [1.29, 1.82) is 0 Å². The van der Waals surface area contributed by atoms with Gasteiger partial charge in [0.25, 0.3) is 5.91 Å². The molecule has 0 radical (unpaired) electrons. The molecule has 11 heteroatoms. The molecular formula is C21H23F6N3O2. The van der Waals surface area contributed by atoms with E-state index in [1.165, 1.54) is 12.3 Å². The molecule has 2 aromatic rings. The molecule has 2 N–H and O–H groups in total. The lowest BCUT2D eigenvalue weighted by Crippen LogP contribution is -2.57. The molecule has 1 saturated carbocycles. The summed E-state index contributed by atoms with van der Waals surface area (Å²) in [4.78, 5) is 16.6. The highest BCUT2D eigenvalue weighted by Crippen LogP contribution is 2.32. The molecule has 1 aliphatic rings. The predicted molar refractivity (Wildman–Crippen MR) is 105 cm³/mol.